The summed E-state index contributed by atoms with van der Waals surface area (Å²) >= 11 is 6.20. The van der Waals surface area contributed by atoms with Gasteiger partial charge in [-0.2, -0.15) is 0 Å². The lowest BCUT2D eigenvalue weighted by molar-refractivity contribution is 0.0819. The molecule has 0 spiro atoms. The van der Waals surface area contributed by atoms with E-state index in [2.05, 4.69) is 36.2 Å². The summed E-state index contributed by atoms with van der Waals surface area (Å²) in [4.78, 5) is 2.44. The predicted octanol–water partition coefficient (Wildman–Crippen LogP) is 3.70. The van der Waals surface area contributed by atoms with E-state index in [-0.39, 0.29) is 0 Å². The van der Waals surface area contributed by atoms with Gasteiger partial charge in [0.15, 0.2) is 0 Å². The molecule has 4 heteroatoms. The molecule has 2 rings (SSSR count). The molecule has 21 heavy (non-hydrogen) atoms. The van der Waals surface area contributed by atoms with Crippen LogP contribution in [-0.2, 0) is 11.3 Å². The van der Waals surface area contributed by atoms with Gasteiger partial charge in [0, 0.05) is 37.5 Å². The summed E-state index contributed by atoms with van der Waals surface area (Å²) in [5.41, 5.74) is 2.60. The van der Waals surface area contributed by atoms with Crippen molar-refractivity contribution in [2.45, 2.75) is 39.3 Å². The number of hydrogen-bond donors (Lipinski definition) is 1. The summed E-state index contributed by atoms with van der Waals surface area (Å²) in [7, 11) is 1.81. The first-order valence-corrected chi connectivity index (χ1v) is 8.25. The normalized spacial score (nSPS) is 16.7. The highest BCUT2D eigenvalue weighted by Gasteiger charge is 2.20. The van der Waals surface area contributed by atoms with Crippen LogP contribution in [0.25, 0.3) is 0 Å². The summed E-state index contributed by atoms with van der Waals surface area (Å²) in [6, 6.07) is 6.23. The van der Waals surface area contributed by atoms with Crippen LogP contribution in [0.3, 0.4) is 0 Å². The van der Waals surface area contributed by atoms with Crippen LogP contribution in [-0.4, -0.2) is 32.8 Å². The fourth-order valence-corrected chi connectivity index (χ4v) is 2.98. The number of piperidine rings is 1. The highest BCUT2D eigenvalue weighted by molar-refractivity contribution is 6.30. The van der Waals surface area contributed by atoms with Gasteiger partial charge in [-0.15, -0.1) is 0 Å². The number of benzene rings is 1. The van der Waals surface area contributed by atoms with Crippen LogP contribution in [0.5, 0.6) is 0 Å². The second kappa shape index (κ2) is 8.02. The molecule has 0 radical (unpaired) electrons. The molecule has 1 aliphatic rings. The third kappa shape index (κ3) is 4.87. The van der Waals surface area contributed by atoms with Gasteiger partial charge in [0.05, 0.1) is 6.10 Å². The van der Waals surface area contributed by atoms with E-state index < -0.39 is 0 Å². The maximum Gasteiger partial charge on any atom is 0.0605 e. The Kier molecular flexibility index (Phi) is 6.34. The fourth-order valence-electron chi connectivity index (χ4n) is 2.81. The molecule has 0 aliphatic carbocycles. The number of anilines is 1. The summed E-state index contributed by atoms with van der Waals surface area (Å²) < 4.78 is 5.46. The van der Waals surface area contributed by atoms with Crippen molar-refractivity contribution in [3.05, 3.63) is 28.8 Å². The first-order chi connectivity index (χ1) is 10.1. The number of hydrogen-bond acceptors (Lipinski definition) is 3. The summed E-state index contributed by atoms with van der Waals surface area (Å²) in [5.74, 6) is 0.665. The second-order valence-electron chi connectivity index (χ2n) is 6.22. The smallest absolute Gasteiger partial charge is 0.0605 e. The molecule has 1 saturated heterocycles. The lowest BCUT2D eigenvalue weighted by atomic mass is 10.0. The predicted molar refractivity (Wildman–Crippen MR) is 90.2 cm³/mol. The molecule has 1 N–H and O–H groups in total. The molecule has 0 saturated carbocycles. The van der Waals surface area contributed by atoms with Crippen molar-refractivity contribution >= 4 is 17.3 Å². The standard InChI is InChI=1S/C17H27ClN2O/c1-13(2)11-19-12-14-4-5-15(18)10-17(14)20-8-6-16(21-3)7-9-20/h4-5,10,13,16,19H,6-9,11-12H2,1-3H3. The molecule has 0 aromatic heterocycles. The molecule has 0 unspecified atom stereocenters. The number of halogens is 1. The van der Waals surface area contributed by atoms with Gasteiger partial charge in [-0.3, -0.25) is 0 Å². The largest absolute Gasteiger partial charge is 0.381 e. The van der Waals surface area contributed by atoms with Gasteiger partial charge in [-0.05, 0) is 43.0 Å². The summed E-state index contributed by atoms with van der Waals surface area (Å²) in [5, 5.41) is 4.34. The molecule has 1 aromatic carbocycles. The van der Waals surface area contributed by atoms with E-state index in [1.165, 1.54) is 11.3 Å². The SMILES string of the molecule is COC1CCN(c2cc(Cl)ccc2CNCC(C)C)CC1. The zero-order valence-electron chi connectivity index (χ0n) is 13.4. The third-order valence-electron chi connectivity index (χ3n) is 4.03. The molecule has 1 fully saturated rings. The van der Waals surface area contributed by atoms with Crippen LogP contribution in [0.4, 0.5) is 5.69 Å². The number of ether oxygens (including phenoxy) is 1. The van der Waals surface area contributed by atoms with Crippen molar-refractivity contribution < 1.29 is 4.74 Å². The van der Waals surface area contributed by atoms with Gasteiger partial charge >= 0.3 is 0 Å². The molecule has 0 bridgehead atoms. The number of nitrogens with zero attached hydrogens (tertiary/aromatic N) is 1. The molecule has 0 amide bonds. The molecular weight excluding hydrogens is 284 g/mol. The Morgan fingerprint density at radius 3 is 2.67 bits per heavy atom. The first kappa shape index (κ1) is 16.6. The van der Waals surface area contributed by atoms with E-state index in [1.807, 2.05) is 6.07 Å². The Morgan fingerprint density at radius 2 is 2.05 bits per heavy atom. The van der Waals surface area contributed by atoms with Gasteiger partial charge in [-0.1, -0.05) is 31.5 Å². The van der Waals surface area contributed by atoms with Crippen LogP contribution in [0.1, 0.15) is 32.3 Å². The Balaban J connectivity index is 2.04. The Morgan fingerprint density at radius 1 is 1.33 bits per heavy atom. The van der Waals surface area contributed by atoms with E-state index in [9.17, 15) is 0 Å². The Bertz CT molecular complexity index is 442. The van der Waals surface area contributed by atoms with Crippen LogP contribution < -0.4 is 10.2 Å². The van der Waals surface area contributed by atoms with Crippen LogP contribution >= 0.6 is 11.6 Å². The monoisotopic (exact) mass is 310 g/mol. The zero-order chi connectivity index (χ0) is 15.2. The molecule has 118 valence electrons. The number of rotatable bonds is 6. The lowest BCUT2D eigenvalue weighted by Crippen LogP contribution is -2.37. The van der Waals surface area contributed by atoms with Gasteiger partial charge in [0.25, 0.3) is 0 Å². The van der Waals surface area contributed by atoms with E-state index in [0.717, 1.165) is 44.0 Å². The summed E-state index contributed by atoms with van der Waals surface area (Å²) in [6.45, 7) is 8.46. The Hall–Kier alpha value is -0.770. The topological polar surface area (TPSA) is 24.5 Å². The van der Waals surface area contributed by atoms with Gasteiger partial charge < -0.3 is 15.0 Å². The van der Waals surface area contributed by atoms with E-state index >= 15 is 0 Å². The first-order valence-electron chi connectivity index (χ1n) is 7.87. The van der Waals surface area contributed by atoms with Crippen molar-refractivity contribution in [3.8, 4) is 0 Å². The molecule has 1 aliphatic heterocycles. The number of methoxy groups -OCH3 is 1. The lowest BCUT2D eigenvalue weighted by Gasteiger charge is -2.34. The van der Waals surface area contributed by atoms with Gasteiger partial charge in [-0.25, -0.2) is 0 Å². The van der Waals surface area contributed by atoms with Crippen molar-refractivity contribution in [2.75, 3.05) is 31.6 Å². The molecule has 0 atom stereocenters. The average molecular weight is 311 g/mol. The quantitative estimate of drug-likeness (QED) is 0.867. The van der Waals surface area contributed by atoms with Crippen LogP contribution in [0.15, 0.2) is 18.2 Å². The maximum absolute atomic E-state index is 6.20. The minimum absolute atomic E-state index is 0.406. The molecular formula is C17H27ClN2O. The number of nitrogens with one attached hydrogen (secondary N) is 1. The zero-order valence-corrected chi connectivity index (χ0v) is 14.1. The van der Waals surface area contributed by atoms with Crippen LogP contribution in [0, 0.1) is 5.92 Å². The summed E-state index contributed by atoms with van der Waals surface area (Å²) in [6.07, 6.45) is 2.58. The van der Waals surface area contributed by atoms with Crippen molar-refractivity contribution in [3.63, 3.8) is 0 Å². The van der Waals surface area contributed by atoms with Gasteiger partial charge in [0.2, 0.25) is 0 Å². The average Bonchev–Trinajstić information content (AvgIpc) is 2.48. The maximum atomic E-state index is 6.20. The van der Waals surface area contributed by atoms with Crippen LogP contribution in [0.2, 0.25) is 5.02 Å². The van der Waals surface area contributed by atoms with Crippen molar-refractivity contribution in [2.24, 2.45) is 5.92 Å². The van der Waals surface area contributed by atoms with E-state index in [1.54, 1.807) is 7.11 Å². The second-order valence-corrected chi connectivity index (χ2v) is 6.66. The fraction of sp³-hybridized carbons (Fsp3) is 0.647. The van der Waals surface area contributed by atoms with E-state index in [4.69, 9.17) is 16.3 Å². The minimum Gasteiger partial charge on any atom is -0.381 e. The third-order valence-corrected chi connectivity index (χ3v) is 4.27. The van der Waals surface area contributed by atoms with E-state index in [0.29, 0.717) is 12.0 Å². The minimum atomic E-state index is 0.406. The molecule has 1 heterocycles. The van der Waals surface area contributed by atoms with Gasteiger partial charge in [0.1, 0.15) is 0 Å². The molecule has 1 aromatic rings. The van der Waals surface area contributed by atoms with Crippen molar-refractivity contribution in [1.82, 2.24) is 5.32 Å². The highest BCUT2D eigenvalue weighted by atomic mass is 35.5. The Labute approximate surface area is 133 Å². The highest BCUT2D eigenvalue weighted by Crippen LogP contribution is 2.28. The van der Waals surface area contributed by atoms with Crippen molar-refractivity contribution in [1.29, 1.82) is 0 Å². The molecule has 3 nitrogen and oxygen atoms in total.